The van der Waals surface area contributed by atoms with Crippen LogP contribution in [0.5, 0.6) is 0 Å². The van der Waals surface area contributed by atoms with Crippen molar-refractivity contribution in [1.82, 2.24) is 0 Å². The molecule has 2 nitrogen and oxygen atoms in total. The minimum atomic E-state index is -0.299. The van der Waals surface area contributed by atoms with Crippen LogP contribution in [0.3, 0.4) is 0 Å². The minimum absolute atomic E-state index is 0.158. The van der Waals surface area contributed by atoms with Crippen molar-refractivity contribution in [2.75, 3.05) is 11.1 Å². The van der Waals surface area contributed by atoms with E-state index in [0.717, 1.165) is 6.42 Å². The van der Waals surface area contributed by atoms with Crippen molar-refractivity contribution in [1.29, 1.82) is 0 Å². The van der Waals surface area contributed by atoms with Crippen LogP contribution in [-0.2, 0) is 0 Å². The van der Waals surface area contributed by atoms with Crippen molar-refractivity contribution in [2.24, 2.45) is 5.41 Å². The van der Waals surface area contributed by atoms with Gasteiger partial charge in [0.1, 0.15) is 5.82 Å². The van der Waals surface area contributed by atoms with Crippen molar-refractivity contribution in [3.8, 4) is 0 Å². The zero-order valence-electron chi connectivity index (χ0n) is 11.4. The first-order chi connectivity index (χ1) is 7.59. The summed E-state index contributed by atoms with van der Waals surface area (Å²) in [5.74, 6) is -0.299. The Balaban J connectivity index is 2.83. The van der Waals surface area contributed by atoms with Crippen LogP contribution in [0, 0.1) is 11.2 Å². The number of nitrogens with one attached hydrogen (secondary N) is 1. The third kappa shape index (κ3) is 4.63. The Labute approximate surface area is 103 Å². The highest BCUT2D eigenvalue weighted by atomic mass is 19.1. The van der Waals surface area contributed by atoms with E-state index in [2.05, 4.69) is 39.9 Å². The van der Waals surface area contributed by atoms with Crippen molar-refractivity contribution < 1.29 is 4.39 Å². The smallest absolute Gasteiger partial charge is 0.148 e. The fourth-order valence-electron chi connectivity index (χ4n) is 2.37. The van der Waals surface area contributed by atoms with E-state index < -0.39 is 0 Å². The third-order valence-electron chi connectivity index (χ3n) is 2.44. The van der Waals surface area contributed by atoms with Gasteiger partial charge in [-0.1, -0.05) is 20.8 Å². The van der Waals surface area contributed by atoms with Crippen LogP contribution in [0.2, 0.25) is 0 Å². The molecule has 0 fully saturated rings. The maximum absolute atomic E-state index is 13.7. The lowest BCUT2D eigenvalue weighted by molar-refractivity contribution is 0.302. The topological polar surface area (TPSA) is 38.0 Å². The van der Waals surface area contributed by atoms with Gasteiger partial charge in [0.2, 0.25) is 0 Å². The number of hydrogen-bond donors (Lipinski definition) is 2. The molecule has 1 aromatic carbocycles. The number of anilines is 2. The molecule has 0 aromatic heterocycles. The molecular formula is C14H23FN2. The van der Waals surface area contributed by atoms with E-state index in [9.17, 15) is 4.39 Å². The molecule has 0 bridgehead atoms. The van der Waals surface area contributed by atoms with E-state index in [0.29, 0.717) is 11.4 Å². The molecule has 0 atom stereocenters. The van der Waals surface area contributed by atoms with Gasteiger partial charge in [0.25, 0.3) is 0 Å². The van der Waals surface area contributed by atoms with E-state index in [-0.39, 0.29) is 16.8 Å². The number of nitrogens with two attached hydrogens (primary N) is 1. The molecule has 0 saturated carbocycles. The number of benzene rings is 1. The average molecular weight is 238 g/mol. The van der Waals surface area contributed by atoms with E-state index in [4.69, 9.17) is 5.73 Å². The minimum Gasteiger partial charge on any atom is -0.399 e. The lowest BCUT2D eigenvalue weighted by Gasteiger charge is -2.34. The van der Waals surface area contributed by atoms with E-state index >= 15 is 0 Å². The van der Waals surface area contributed by atoms with Crippen LogP contribution in [0.1, 0.15) is 41.0 Å². The highest BCUT2D eigenvalue weighted by molar-refractivity contribution is 5.53. The molecule has 0 spiro atoms. The normalized spacial score (nSPS) is 12.6. The Bertz CT molecular complexity index is 392. The van der Waals surface area contributed by atoms with Crippen LogP contribution in [0.25, 0.3) is 0 Å². The first kappa shape index (κ1) is 13.8. The quantitative estimate of drug-likeness (QED) is 0.780. The summed E-state index contributed by atoms with van der Waals surface area (Å²) in [6.45, 7) is 10.7. The Morgan fingerprint density at radius 2 is 1.76 bits per heavy atom. The number of rotatable bonds is 3. The predicted molar refractivity (Wildman–Crippen MR) is 72.6 cm³/mol. The number of hydrogen-bond acceptors (Lipinski definition) is 2. The molecule has 0 aliphatic carbocycles. The molecule has 0 radical (unpaired) electrons. The van der Waals surface area contributed by atoms with Crippen LogP contribution in [0.15, 0.2) is 18.2 Å². The van der Waals surface area contributed by atoms with Crippen LogP contribution >= 0.6 is 0 Å². The monoisotopic (exact) mass is 238 g/mol. The van der Waals surface area contributed by atoms with Crippen molar-refractivity contribution in [3.05, 3.63) is 24.0 Å². The summed E-state index contributed by atoms with van der Waals surface area (Å²) < 4.78 is 13.7. The fraction of sp³-hybridized carbons (Fsp3) is 0.571. The largest absolute Gasteiger partial charge is 0.399 e. The van der Waals surface area contributed by atoms with Gasteiger partial charge in [0.15, 0.2) is 0 Å². The molecule has 1 aromatic rings. The Hall–Kier alpha value is -1.25. The molecule has 0 saturated heterocycles. The first-order valence-electron chi connectivity index (χ1n) is 5.92. The van der Waals surface area contributed by atoms with Gasteiger partial charge >= 0.3 is 0 Å². The molecule has 0 aliphatic heterocycles. The first-order valence-corrected chi connectivity index (χ1v) is 5.92. The molecule has 3 heteroatoms. The van der Waals surface area contributed by atoms with Gasteiger partial charge in [-0.3, -0.25) is 0 Å². The second kappa shape index (κ2) is 4.55. The van der Waals surface area contributed by atoms with E-state index in [1.807, 2.05) is 0 Å². The van der Waals surface area contributed by atoms with E-state index in [1.54, 1.807) is 12.1 Å². The Morgan fingerprint density at radius 3 is 2.24 bits per heavy atom. The van der Waals surface area contributed by atoms with Crippen LogP contribution in [-0.4, -0.2) is 5.54 Å². The van der Waals surface area contributed by atoms with Crippen LogP contribution in [0.4, 0.5) is 15.8 Å². The van der Waals surface area contributed by atoms with E-state index in [1.165, 1.54) is 6.07 Å². The summed E-state index contributed by atoms with van der Waals surface area (Å²) in [5.41, 5.74) is 6.52. The standard InChI is InChI=1S/C14H23FN2/c1-13(2,3)9-14(4,5)17-12-7-6-10(16)8-11(12)15/h6-8,17H,9,16H2,1-5H3. The zero-order chi connectivity index (χ0) is 13.3. The maximum Gasteiger partial charge on any atom is 0.148 e. The molecule has 0 amide bonds. The van der Waals surface area contributed by atoms with Gasteiger partial charge in [-0.25, -0.2) is 4.39 Å². The van der Waals surface area contributed by atoms with Gasteiger partial charge in [-0.05, 0) is 43.9 Å². The van der Waals surface area contributed by atoms with Crippen molar-refractivity contribution >= 4 is 11.4 Å². The van der Waals surface area contributed by atoms with Gasteiger partial charge in [-0.15, -0.1) is 0 Å². The van der Waals surface area contributed by atoms with Gasteiger partial charge in [0, 0.05) is 11.2 Å². The Kier molecular flexibility index (Phi) is 3.70. The lowest BCUT2D eigenvalue weighted by atomic mass is 9.81. The van der Waals surface area contributed by atoms with Crippen LogP contribution < -0.4 is 11.1 Å². The molecular weight excluding hydrogens is 215 g/mol. The highest BCUT2D eigenvalue weighted by Gasteiger charge is 2.25. The predicted octanol–water partition coefficient (Wildman–Crippen LogP) is 4.03. The van der Waals surface area contributed by atoms with Gasteiger partial charge in [-0.2, -0.15) is 0 Å². The Morgan fingerprint density at radius 1 is 1.18 bits per heavy atom. The highest BCUT2D eigenvalue weighted by Crippen LogP contribution is 2.30. The molecule has 0 heterocycles. The van der Waals surface area contributed by atoms with Gasteiger partial charge in [0.05, 0.1) is 5.69 Å². The zero-order valence-corrected chi connectivity index (χ0v) is 11.4. The molecule has 3 N–H and O–H groups in total. The summed E-state index contributed by atoms with van der Waals surface area (Å²) in [6, 6.07) is 4.74. The van der Waals surface area contributed by atoms with Crippen molar-refractivity contribution in [2.45, 2.75) is 46.6 Å². The van der Waals surface area contributed by atoms with Gasteiger partial charge < -0.3 is 11.1 Å². The molecule has 0 unspecified atom stereocenters. The number of halogens is 1. The summed E-state index contributed by atoms with van der Waals surface area (Å²) in [7, 11) is 0. The van der Waals surface area contributed by atoms with Crippen molar-refractivity contribution in [3.63, 3.8) is 0 Å². The molecule has 1 rings (SSSR count). The third-order valence-corrected chi connectivity index (χ3v) is 2.44. The molecule has 96 valence electrons. The average Bonchev–Trinajstić information content (AvgIpc) is 2.05. The second-order valence-corrected chi connectivity index (χ2v) is 6.49. The SMILES string of the molecule is CC(C)(C)CC(C)(C)Nc1ccc(N)cc1F. The number of nitrogen functional groups attached to an aromatic ring is 1. The maximum atomic E-state index is 13.7. The summed E-state index contributed by atoms with van der Waals surface area (Å²) in [6.07, 6.45) is 0.948. The molecule has 17 heavy (non-hydrogen) atoms. The lowest BCUT2D eigenvalue weighted by Crippen LogP contribution is -2.35. The summed E-state index contributed by atoms with van der Waals surface area (Å²) >= 11 is 0. The summed E-state index contributed by atoms with van der Waals surface area (Å²) in [5, 5.41) is 3.24. The molecule has 0 aliphatic rings. The second-order valence-electron chi connectivity index (χ2n) is 6.49. The fourth-order valence-corrected chi connectivity index (χ4v) is 2.37. The summed E-state index contributed by atoms with van der Waals surface area (Å²) in [4.78, 5) is 0.